The van der Waals surface area contributed by atoms with Crippen LogP contribution < -0.4 is 10.2 Å². The number of amides is 2. The predicted octanol–water partition coefficient (Wildman–Crippen LogP) is 2.81. The summed E-state index contributed by atoms with van der Waals surface area (Å²) in [4.78, 5) is 35.0. The van der Waals surface area contributed by atoms with Gasteiger partial charge in [-0.2, -0.15) is 0 Å². The topological polar surface area (TPSA) is 79.6 Å². The highest BCUT2D eigenvalue weighted by Crippen LogP contribution is 2.27. The second-order valence-corrected chi connectivity index (χ2v) is 6.49. The van der Waals surface area contributed by atoms with E-state index in [1.165, 1.54) is 0 Å². The molecule has 0 radical (unpaired) electrons. The predicted molar refractivity (Wildman–Crippen MR) is 98.3 cm³/mol. The fourth-order valence-corrected chi connectivity index (χ4v) is 3.39. The minimum absolute atomic E-state index is 0.142. The van der Waals surface area contributed by atoms with Gasteiger partial charge < -0.3 is 10.2 Å². The van der Waals surface area contributed by atoms with Crippen molar-refractivity contribution in [2.45, 2.75) is 32.7 Å². The van der Waals surface area contributed by atoms with Gasteiger partial charge >= 0.3 is 0 Å². The summed E-state index contributed by atoms with van der Waals surface area (Å²) in [6.07, 6.45) is 4.86. The van der Waals surface area contributed by atoms with Crippen LogP contribution in [-0.2, 0) is 4.79 Å². The molecular weight excluding hydrogens is 330 g/mol. The third kappa shape index (κ3) is 2.71. The number of hydrogen-bond acceptors (Lipinski definition) is 4. The first-order chi connectivity index (χ1) is 12.5. The van der Waals surface area contributed by atoms with Gasteiger partial charge in [0.1, 0.15) is 5.69 Å². The molecule has 1 aromatic carbocycles. The number of aryl methyl sites for hydroxylation is 1. The Bertz CT molecular complexity index is 993. The zero-order valence-electron chi connectivity index (χ0n) is 14.6. The molecule has 0 spiro atoms. The van der Waals surface area contributed by atoms with Gasteiger partial charge in [-0.25, -0.2) is 9.97 Å². The van der Waals surface area contributed by atoms with Crippen LogP contribution in [0.2, 0.25) is 0 Å². The number of imidazole rings is 1. The van der Waals surface area contributed by atoms with E-state index in [0.717, 1.165) is 12.1 Å². The van der Waals surface area contributed by atoms with Crippen molar-refractivity contribution in [3.63, 3.8) is 0 Å². The third-order valence-corrected chi connectivity index (χ3v) is 4.68. The van der Waals surface area contributed by atoms with Gasteiger partial charge in [-0.15, -0.1) is 0 Å². The number of anilines is 2. The van der Waals surface area contributed by atoms with Gasteiger partial charge in [-0.05, 0) is 50.6 Å². The normalized spacial score (nSPS) is 17.1. The van der Waals surface area contributed by atoms with Crippen LogP contribution in [-0.4, -0.2) is 32.2 Å². The molecule has 2 amide bonds. The lowest BCUT2D eigenvalue weighted by molar-refractivity contribution is -0.117. The van der Waals surface area contributed by atoms with Gasteiger partial charge in [0.25, 0.3) is 5.91 Å². The van der Waals surface area contributed by atoms with Crippen molar-refractivity contribution in [2.24, 2.45) is 0 Å². The van der Waals surface area contributed by atoms with Crippen molar-refractivity contribution < 1.29 is 9.59 Å². The number of rotatable bonds is 3. The maximum Gasteiger partial charge on any atom is 0.274 e. The second-order valence-electron chi connectivity index (χ2n) is 6.49. The Hall–Kier alpha value is -3.22. The zero-order chi connectivity index (χ0) is 18.3. The maximum atomic E-state index is 12.7. The summed E-state index contributed by atoms with van der Waals surface area (Å²) in [5.74, 6) is 0.386. The van der Waals surface area contributed by atoms with Gasteiger partial charge in [-0.3, -0.25) is 14.0 Å². The van der Waals surface area contributed by atoms with Crippen LogP contribution in [0.5, 0.6) is 0 Å². The summed E-state index contributed by atoms with van der Waals surface area (Å²) in [6.45, 7) is 3.83. The van der Waals surface area contributed by atoms with E-state index >= 15 is 0 Å². The lowest BCUT2D eigenvalue weighted by Gasteiger charge is -2.21. The summed E-state index contributed by atoms with van der Waals surface area (Å²) in [6, 6.07) is 9.30. The van der Waals surface area contributed by atoms with Crippen LogP contribution in [0.3, 0.4) is 0 Å². The maximum absolute atomic E-state index is 12.7. The molecule has 0 aliphatic carbocycles. The van der Waals surface area contributed by atoms with Gasteiger partial charge in [0.05, 0.1) is 5.69 Å². The van der Waals surface area contributed by atoms with E-state index in [4.69, 9.17) is 0 Å². The fourth-order valence-electron chi connectivity index (χ4n) is 3.39. The van der Waals surface area contributed by atoms with Crippen LogP contribution in [0.4, 0.5) is 11.4 Å². The molecule has 4 rings (SSSR count). The molecule has 0 saturated carbocycles. The number of nitrogens with zero attached hydrogens (tertiary/aromatic N) is 4. The Morgan fingerprint density at radius 3 is 2.73 bits per heavy atom. The van der Waals surface area contributed by atoms with E-state index in [2.05, 4.69) is 15.3 Å². The molecule has 2 aromatic heterocycles. The number of fused-ring (bicyclic) bond motifs is 1. The molecule has 3 heterocycles. The molecule has 1 aliphatic rings. The minimum atomic E-state index is -0.249. The molecule has 1 unspecified atom stereocenters. The Labute approximate surface area is 150 Å². The smallest absolute Gasteiger partial charge is 0.274 e. The average molecular weight is 349 g/mol. The molecule has 1 aliphatic heterocycles. The van der Waals surface area contributed by atoms with Crippen molar-refractivity contribution in [2.75, 3.05) is 10.2 Å². The summed E-state index contributed by atoms with van der Waals surface area (Å²) in [7, 11) is 0. The average Bonchev–Trinajstić information content (AvgIpc) is 3.14. The Morgan fingerprint density at radius 1 is 1.27 bits per heavy atom. The fraction of sp³-hybridized carbons (Fsp3) is 0.263. The number of carbonyl (C=O) groups is 2. The third-order valence-electron chi connectivity index (χ3n) is 4.68. The Morgan fingerprint density at radius 2 is 2.04 bits per heavy atom. The van der Waals surface area contributed by atoms with Crippen LogP contribution in [0.1, 0.15) is 35.9 Å². The van der Waals surface area contributed by atoms with E-state index in [0.29, 0.717) is 29.3 Å². The standard InChI is InChI=1S/C19H19N5O2/c1-12-4-9-16(25)24(12)15-7-5-14(6-8-15)22-18(26)17-13(2)21-19-20-10-3-11-23(17)19/h3,5-8,10-12H,4,9H2,1-2H3,(H,22,26). The molecule has 1 atom stereocenters. The van der Waals surface area contributed by atoms with E-state index in [1.807, 2.05) is 36.1 Å². The van der Waals surface area contributed by atoms with Gasteiger partial charge in [0.15, 0.2) is 0 Å². The van der Waals surface area contributed by atoms with E-state index < -0.39 is 0 Å². The highest BCUT2D eigenvalue weighted by Gasteiger charge is 2.28. The van der Waals surface area contributed by atoms with Crippen molar-refractivity contribution in [3.05, 3.63) is 54.1 Å². The van der Waals surface area contributed by atoms with Gasteiger partial charge in [0, 0.05) is 36.2 Å². The quantitative estimate of drug-likeness (QED) is 0.788. The summed E-state index contributed by atoms with van der Waals surface area (Å²) in [5, 5.41) is 2.89. The molecule has 7 heteroatoms. The van der Waals surface area contributed by atoms with Crippen LogP contribution >= 0.6 is 0 Å². The molecule has 3 aromatic rings. The van der Waals surface area contributed by atoms with Crippen molar-refractivity contribution in [1.29, 1.82) is 0 Å². The molecule has 0 bridgehead atoms. The number of nitrogens with one attached hydrogen (secondary N) is 1. The number of aromatic nitrogens is 3. The summed E-state index contributed by atoms with van der Waals surface area (Å²) >= 11 is 0. The molecule has 1 fully saturated rings. The number of benzene rings is 1. The SMILES string of the molecule is Cc1nc2ncccn2c1C(=O)Nc1ccc(N2C(=O)CCC2C)cc1. The Balaban J connectivity index is 1.56. The largest absolute Gasteiger partial charge is 0.321 e. The summed E-state index contributed by atoms with van der Waals surface area (Å²) in [5.41, 5.74) is 2.60. The van der Waals surface area contributed by atoms with E-state index in [-0.39, 0.29) is 17.9 Å². The monoisotopic (exact) mass is 349 g/mol. The van der Waals surface area contributed by atoms with Crippen molar-refractivity contribution >= 4 is 29.0 Å². The molecule has 7 nitrogen and oxygen atoms in total. The van der Waals surface area contributed by atoms with Gasteiger partial charge in [0.2, 0.25) is 11.7 Å². The molecule has 26 heavy (non-hydrogen) atoms. The second kappa shape index (κ2) is 6.25. The first-order valence-corrected chi connectivity index (χ1v) is 8.58. The minimum Gasteiger partial charge on any atom is -0.321 e. The van der Waals surface area contributed by atoms with E-state index in [9.17, 15) is 9.59 Å². The zero-order valence-corrected chi connectivity index (χ0v) is 14.6. The highest BCUT2D eigenvalue weighted by molar-refractivity contribution is 6.04. The van der Waals surface area contributed by atoms with E-state index in [1.54, 1.807) is 29.8 Å². The van der Waals surface area contributed by atoms with Crippen LogP contribution in [0.15, 0.2) is 42.7 Å². The lowest BCUT2D eigenvalue weighted by Crippen LogP contribution is -2.30. The molecular formula is C19H19N5O2. The van der Waals surface area contributed by atoms with Crippen molar-refractivity contribution in [1.82, 2.24) is 14.4 Å². The Kier molecular flexibility index (Phi) is 3.91. The molecule has 1 N–H and O–H groups in total. The van der Waals surface area contributed by atoms with Crippen LogP contribution in [0.25, 0.3) is 5.78 Å². The lowest BCUT2D eigenvalue weighted by atomic mass is 10.2. The molecule has 1 saturated heterocycles. The molecule has 132 valence electrons. The van der Waals surface area contributed by atoms with Crippen molar-refractivity contribution in [3.8, 4) is 0 Å². The highest BCUT2D eigenvalue weighted by atomic mass is 16.2. The van der Waals surface area contributed by atoms with Crippen LogP contribution in [0, 0.1) is 6.92 Å². The first-order valence-electron chi connectivity index (χ1n) is 8.58. The number of carbonyl (C=O) groups excluding carboxylic acids is 2. The number of hydrogen-bond donors (Lipinski definition) is 1. The summed E-state index contributed by atoms with van der Waals surface area (Å²) < 4.78 is 1.67. The van der Waals surface area contributed by atoms with Gasteiger partial charge in [-0.1, -0.05) is 0 Å². The first kappa shape index (κ1) is 16.3.